The van der Waals surface area contributed by atoms with Crippen LogP contribution in [0.2, 0.25) is 0 Å². The lowest BCUT2D eigenvalue weighted by atomic mass is 10.1. The van der Waals surface area contributed by atoms with Crippen LogP contribution in [0.4, 0.5) is 5.69 Å². The molecule has 0 spiro atoms. The third-order valence-corrected chi connectivity index (χ3v) is 3.07. The van der Waals surface area contributed by atoms with E-state index < -0.39 is 12.1 Å². The smallest absolute Gasteiger partial charge is 0.311 e. The van der Waals surface area contributed by atoms with Gasteiger partial charge in [0, 0.05) is 11.7 Å². The van der Waals surface area contributed by atoms with E-state index in [0.29, 0.717) is 11.3 Å². The van der Waals surface area contributed by atoms with Crippen LogP contribution in [0.3, 0.4) is 0 Å². The van der Waals surface area contributed by atoms with Gasteiger partial charge < -0.3 is 15.8 Å². The zero-order chi connectivity index (χ0) is 15.1. The van der Waals surface area contributed by atoms with E-state index in [1.807, 2.05) is 13.8 Å². The minimum atomic E-state index is -0.804. The maximum Gasteiger partial charge on any atom is 0.311 e. The molecule has 0 bridgehead atoms. The van der Waals surface area contributed by atoms with Gasteiger partial charge in [0.15, 0.2) is 6.10 Å². The average molecular weight is 278 g/mol. The maximum atomic E-state index is 11.8. The number of nitrogens with one attached hydrogen (secondary N) is 1. The summed E-state index contributed by atoms with van der Waals surface area (Å²) in [5.74, 6) is -0.747. The molecule has 2 unspecified atom stereocenters. The molecule has 1 rings (SSSR count). The second kappa shape index (κ2) is 7.53. The molecule has 5 heteroatoms. The number of hydrogen-bond donors (Lipinski definition) is 2. The zero-order valence-corrected chi connectivity index (χ0v) is 12.2. The third-order valence-electron chi connectivity index (χ3n) is 3.07. The van der Waals surface area contributed by atoms with Crippen LogP contribution in [-0.2, 0) is 20.7 Å². The second-order valence-corrected chi connectivity index (χ2v) is 4.83. The molecule has 110 valence electrons. The molecule has 1 aromatic rings. The number of rotatable bonds is 6. The first-order valence-electron chi connectivity index (χ1n) is 6.77. The SMILES string of the molecule is CCC(C)NC(=O)C(C)OC(=O)Cc1ccccc1N. The molecule has 0 saturated carbocycles. The zero-order valence-electron chi connectivity index (χ0n) is 12.2. The number of esters is 1. The summed E-state index contributed by atoms with van der Waals surface area (Å²) in [5, 5.41) is 2.77. The Hall–Kier alpha value is -2.04. The van der Waals surface area contributed by atoms with Crippen LogP contribution < -0.4 is 11.1 Å². The molecule has 0 radical (unpaired) electrons. The average Bonchev–Trinajstić information content (AvgIpc) is 2.41. The lowest BCUT2D eigenvalue weighted by Gasteiger charge is -2.17. The summed E-state index contributed by atoms with van der Waals surface area (Å²) >= 11 is 0. The van der Waals surface area contributed by atoms with Crippen LogP contribution in [0.15, 0.2) is 24.3 Å². The first kappa shape index (κ1) is 16.0. The standard InChI is InChI=1S/C15H22N2O3/c1-4-10(2)17-15(19)11(3)20-14(18)9-12-7-5-6-8-13(12)16/h5-8,10-11H,4,9,16H2,1-3H3,(H,17,19). The minimum absolute atomic E-state index is 0.0631. The van der Waals surface area contributed by atoms with Crippen LogP contribution in [0, 0.1) is 0 Å². The minimum Gasteiger partial charge on any atom is -0.452 e. The quantitative estimate of drug-likeness (QED) is 0.612. The Kier molecular flexibility index (Phi) is 6.03. The predicted molar refractivity (Wildman–Crippen MR) is 78.0 cm³/mol. The lowest BCUT2D eigenvalue weighted by molar-refractivity contribution is -0.154. The maximum absolute atomic E-state index is 11.8. The molecule has 1 amide bonds. The summed E-state index contributed by atoms with van der Waals surface area (Å²) in [4.78, 5) is 23.5. The third kappa shape index (κ3) is 4.91. The van der Waals surface area contributed by atoms with Crippen LogP contribution in [0.5, 0.6) is 0 Å². The number of nitrogen functional groups attached to an aromatic ring is 1. The van der Waals surface area contributed by atoms with E-state index in [0.717, 1.165) is 6.42 Å². The first-order chi connectivity index (χ1) is 9.43. The van der Waals surface area contributed by atoms with E-state index in [-0.39, 0.29) is 18.4 Å². The topological polar surface area (TPSA) is 81.4 Å². The van der Waals surface area contributed by atoms with Crippen molar-refractivity contribution in [2.75, 3.05) is 5.73 Å². The molecule has 0 aliphatic heterocycles. The van der Waals surface area contributed by atoms with Gasteiger partial charge in [-0.25, -0.2) is 0 Å². The Labute approximate surface area is 119 Å². The molecule has 1 aromatic carbocycles. The van der Waals surface area contributed by atoms with Gasteiger partial charge in [0.05, 0.1) is 6.42 Å². The van der Waals surface area contributed by atoms with Crippen LogP contribution >= 0.6 is 0 Å². The lowest BCUT2D eigenvalue weighted by Crippen LogP contribution is -2.40. The van der Waals surface area contributed by atoms with Crippen molar-refractivity contribution in [3.8, 4) is 0 Å². The fourth-order valence-corrected chi connectivity index (χ4v) is 1.61. The molecule has 2 atom stereocenters. The Bertz CT molecular complexity index is 474. The number of amides is 1. The Balaban J connectivity index is 2.50. The number of carbonyl (C=O) groups excluding carboxylic acids is 2. The molecule has 20 heavy (non-hydrogen) atoms. The molecule has 0 aliphatic rings. The Morgan fingerprint density at radius 3 is 2.55 bits per heavy atom. The van der Waals surface area contributed by atoms with Gasteiger partial charge in [-0.1, -0.05) is 25.1 Å². The molecule has 5 nitrogen and oxygen atoms in total. The number of carbonyl (C=O) groups is 2. The number of benzene rings is 1. The van der Waals surface area contributed by atoms with E-state index in [4.69, 9.17) is 10.5 Å². The highest BCUT2D eigenvalue weighted by Crippen LogP contribution is 2.12. The number of para-hydroxylation sites is 1. The van der Waals surface area contributed by atoms with Crippen molar-refractivity contribution < 1.29 is 14.3 Å². The van der Waals surface area contributed by atoms with Gasteiger partial charge in [-0.3, -0.25) is 9.59 Å². The number of ether oxygens (including phenoxy) is 1. The summed E-state index contributed by atoms with van der Waals surface area (Å²) in [7, 11) is 0. The fraction of sp³-hybridized carbons (Fsp3) is 0.467. The van der Waals surface area contributed by atoms with E-state index >= 15 is 0 Å². The van der Waals surface area contributed by atoms with Crippen molar-refractivity contribution in [3.63, 3.8) is 0 Å². The second-order valence-electron chi connectivity index (χ2n) is 4.83. The molecular formula is C15H22N2O3. The predicted octanol–water partition coefficient (Wildman–Crippen LogP) is 1.66. The molecule has 0 fully saturated rings. The first-order valence-corrected chi connectivity index (χ1v) is 6.77. The summed E-state index contributed by atoms with van der Waals surface area (Å²) in [6, 6.07) is 7.15. The van der Waals surface area contributed by atoms with Gasteiger partial charge in [-0.2, -0.15) is 0 Å². The van der Waals surface area contributed by atoms with Crippen molar-refractivity contribution in [3.05, 3.63) is 29.8 Å². The molecule has 0 saturated heterocycles. The highest BCUT2D eigenvalue weighted by atomic mass is 16.5. The fourth-order valence-electron chi connectivity index (χ4n) is 1.61. The summed E-state index contributed by atoms with van der Waals surface area (Å²) in [6.07, 6.45) is 0.0852. The summed E-state index contributed by atoms with van der Waals surface area (Å²) in [6.45, 7) is 5.43. The van der Waals surface area contributed by atoms with Gasteiger partial charge in [-0.15, -0.1) is 0 Å². The number of nitrogens with two attached hydrogens (primary N) is 1. The molecule has 0 heterocycles. The summed E-state index contributed by atoms with van der Waals surface area (Å²) in [5.41, 5.74) is 7.00. The van der Waals surface area contributed by atoms with Gasteiger partial charge in [0.2, 0.25) is 0 Å². The van der Waals surface area contributed by atoms with Crippen LogP contribution in [0.25, 0.3) is 0 Å². The van der Waals surface area contributed by atoms with E-state index in [1.54, 1.807) is 31.2 Å². The van der Waals surface area contributed by atoms with E-state index in [9.17, 15) is 9.59 Å². The highest BCUT2D eigenvalue weighted by molar-refractivity contribution is 5.84. The van der Waals surface area contributed by atoms with E-state index in [1.165, 1.54) is 0 Å². The van der Waals surface area contributed by atoms with Gasteiger partial charge in [-0.05, 0) is 31.9 Å². The number of hydrogen-bond acceptors (Lipinski definition) is 4. The molecular weight excluding hydrogens is 256 g/mol. The van der Waals surface area contributed by atoms with Gasteiger partial charge in [0.1, 0.15) is 0 Å². The Morgan fingerprint density at radius 1 is 1.30 bits per heavy atom. The monoisotopic (exact) mass is 278 g/mol. The van der Waals surface area contributed by atoms with Gasteiger partial charge >= 0.3 is 5.97 Å². The molecule has 0 aliphatic carbocycles. The van der Waals surface area contributed by atoms with Crippen molar-refractivity contribution in [1.29, 1.82) is 0 Å². The van der Waals surface area contributed by atoms with Crippen molar-refractivity contribution in [1.82, 2.24) is 5.32 Å². The van der Waals surface area contributed by atoms with Crippen molar-refractivity contribution in [2.24, 2.45) is 0 Å². The molecule has 3 N–H and O–H groups in total. The Morgan fingerprint density at radius 2 is 1.95 bits per heavy atom. The van der Waals surface area contributed by atoms with Gasteiger partial charge in [0.25, 0.3) is 5.91 Å². The largest absolute Gasteiger partial charge is 0.452 e. The highest BCUT2D eigenvalue weighted by Gasteiger charge is 2.19. The van der Waals surface area contributed by atoms with Crippen LogP contribution in [-0.4, -0.2) is 24.0 Å². The van der Waals surface area contributed by atoms with Crippen molar-refractivity contribution in [2.45, 2.75) is 45.8 Å². The van der Waals surface area contributed by atoms with Crippen molar-refractivity contribution >= 4 is 17.6 Å². The molecule has 0 aromatic heterocycles. The van der Waals surface area contributed by atoms with Crippen LogP contribution in [0.1, 0.15) is 32.8 Å². The van der Waals surface area contributed by atoms with E-state index in [2.05, 4.69) is 5.32 Å². The summed E-state index contributed by atoms with van der Waals surface area (Å²) < 4.78 is 5.11. The number of anilines is 1. The normalized spacial score (nSPS) is 13.3.